The molecule has 0 saturated heterocycles. The van der Waals surface area contributed by atoms with Gasteiger partial charge < -0.3 is 14.2 Å². The van der Waals surface area contributed by atoms with Gasteiger partial charge in [-0.25, -0.2) is 0 Å². The van der Waals surface area contributed by atoms with Gasteiger partial charge in [-0.15, -0.1) is 0 Å². The van der Waals surface area contributed by atoms with Gasteiger partial charge in [-0.2, -0.15) is 0 Å². The number of carbonyl (C=O) groups is 2. The van der Waals surface area contributed by atoms with Crippen molar-refractivity contribution in [2.45, 2.75) is 32.2 Å². The van der Waals surface area contributed by atoms with Crippen molar-refractivity contribution in [1.29, 1.82) is 0 Å². The summed E-state index contributed by atoms with van der Waals surface area (Å²) in [5, 5.41) is 0. The molecule has 124 valence electrons. The molecular weight excluding hydrogens is 296 g/mol. The SMILES string of the molecule is COC(OC(=O)C1CC2C=CC1C2)OC(=O)C1CC2C=CC1C2. The molecule has 2 fully saturated rings. The minimum Gasteiger partial charge on any atom is -0.400 e. The number of hydrogen-bond acceptors (Lipinski definition) is 5. The van der Waals surface area contributed by atoms with Gasteiger partial charge in [0.05, 0.1) is 11.8 Å². The summed E-state index contributed by atoms with van der Waals surface area (Å²) >= 11 is 0. The van der Waals surface area contributed by atoms with Crippen molar-refractivity contribution in [1.82, 2.24) is 0 Å². The van der Waals surface area contributed by atoms with Crippen molar-refractivity contribution in [3.05, 3.63) is 24.3 Å². The van der Waals surface area contributed by atoms with Crippen LogP contribution in [0.3, 0.4) is 0 Å². The Morgan fingerprint density at radius 3 is 1.61 bits per heavy atom. The highest BCUT2D eigenvalue weighted by molar-refractivity contribution is 5.76. The summed E-state index contributed by atoms with van der Waals surface area (Å²) in [6.45, 7) is -1.23. The first-order chi connectivity index (χ1) is 11.1. The van der Waals surface area contributed by atoms with Gasteiger partial charge in [-0.05, 0) is 49.4 Å². The Balaban J connectivity index is 1.32. The summed E-state index contributed by atoms with van der Waals surface area (Å²) in [6.07, 6.45) is 12.2. The van der Waals surface area contributed by atoms with Gasteiger partial charge in [0.25, 0.3) is 0 Å². The first-order valence-electron chi connectivity index (χ1n) is 8.44. The van der Waals surface area contributed by atoms with E-state index in [0.29, 0.717) is 11.8 Å². The highest BCUT2D eigenvalue weighted by atomic mass is 16.9. The maximum atomic E-state index is 12.3. The van der Waals surface area contributed by atoms with Crippen molar-refractivity contribution in [2.75, 3.05) is 7.11 Å². The van der Waals surface area contributed by atoms with E-state index in [0.717, 1.165) is 25.7 Å². The van der Waals surface area contributed by atoms with Crippen LogP contribution in [0.4, 0.5) is 0 Å². The predicted octanol–water partition coefficient (Wildman–Crippen LogP) is 2.43. The number of esters is 2. The first kappa shape index (κ1) is 14.9. The van der Waals surface area contributed by atoms with Crippen molar-refractivity contribution >= 4 is 11.9 Å². The van der Waals surface area contributed by atoms with Crippen LogP contribution >= 0.6 is 0 Å². The molecule has 4 aliphatic rings. The van der Waals surface area contributed by atoms with Crippen molar-refractivity contribution < 1.29 is 23.8 Å². The number of allylic oxidation sites excluding steroid dienone is 4. The monoisotopic (exact) mass is 318 g/mol. The molecule has 2 saturated carbocycles. The third-order valence-corrected chi connectivity index (χ3v) is 5.78. The molecule has 0 heterocycles. The Labute approximate surface area is 135 Å². The van der Waals surface area contributed by atoms with Crippen LogP contribution in [0.2, 0.25) is 0 Å². The number of hydrogen-bond donors (Lipinski definition) is 0. The Bertz CT molecular complexity index is 518. The van der Waals surface area contributed by atoms with E-state index in [-0.39, 0.29) is 35.6 Å². The molecule has 0 N–H and O–H groups in total. The average Bonchev–Trinajstić information content (AvgIpc) is 3.32. The lowest BCUT2D eigenvalue weighted by Crippen LogP contribution is -2.33. The van der Waals surface area contributed by atoms with E-state index in [1.54, 1.807) is 0 Å². The predicted molar refractivity (Wildman–Crippen MR) is 80.7 cm³/mol. The van der Waals surface area contributed by atoms with Crippen LogP contribution in [-0.2, 0) is 23.8 Å². The fourth-order valence-corrected chi connectivity index (χ4v) is 4.59. The Morgan fingerprint density at radius 1 is 0.826 bits per heavy atom. The van der Waals surface area contributed by atoms with Gasteiger partial charge in [-0.3, -0.25) is 9.59 Å². The number of fused-ring (bicyclic) bond motifs is 4. The fourth-order valence-electron chi connectivity index (χ4n) is 4.59. The van der Waals surface area contributed by atoms with Gasteiger partial charge in [-0.1, -0.05) is 24.3 Å². The summed E-state index contributed by atoms with van der Waals surface area (Å²) in [6, 6.07) is 0. The zero-order valence-electron chi connectivity index (χ0n) is 13.2. The third-order valence-electron chi connectivity index (χ3n) is 5.78. The van der Waals surface area contributed by atoms with E-state index in [2.05, 4.69) is 24.3 Å². The molecule has 4 bridgehead atoms. The summed E-state index contributed by atoms with van der Waals surface area (Å²) in [7, 11) is 1.38. The van der Waals surface area contributed by atoms with Crippen LogP contribution in [-0.4, -0.2) is 25.5 Å². The van der Waals surface area contributed by atoms with Gasteiger partial charge in [0.2, 0.25) is 0 Å². The highest BCUT2D eigenvalue weighted by Crippen LogP contribution is 2.45. The quantitative estimate of drug-likeness (QED) is 0.442. The van der Waals surface area contributed by atoms with Crippen LogP contribution in [0.25, 0.3) is 0 Å². The molecule has 0 spiro atoms. The third kappa shape index (κ3) is 2.71. The minimum absolute atomic E-state index is 0.133. The fraction of sp³-hybridized carbons (Fsp3) is 0.667. The molecule has 0 aromatic carbocycles. The molecule has 5 nitrogen and oxygen atoms in total. The second-order valence-corrected chi connectivity index (χ2v) is 7.17. The molecule has 23 heavy (non-hydrogen) atoms. The van der Waals surface area contributed by atoms with E-state index in [4.69, 9.17) is 14.2 Å². The van der Waals surface area contributed by atoms with Crippen molar-refractivity contribution in [3.63, 3.8) is 0 Å². The van der Waals surface area contributed by atoms with Crippen LogP contribution in [0, 0.1) is 35.5 Å². The zero-order valence-corrected chi connectivity index (χ0v) is 13.2. The molecule has 4 aliphatic carbocycles. The topological polar surface area (TPSA) is 61.8 Å². The molecule has 6 unspecified atom stereocenters. The van der Waals surface area contributed by atoms with E-state index in [9.17, 15) is 9.59 Å². The standard InChI is InChI=1S/C18H22O5/c1-21-18(22-16(19)14-8-10-2-4-12(14)6-10)23-17(20)15-9-11-3-5-13(15)7-11/h2-5,10-15,18H,6-9H2,1H3. The first-order valence-corrected chi connectivity index (χ1v) is 8.44. The second kappa shape index (κ2) is 5.78. The van der Waals surface area contributed by atoms with Gasteiger partial charge in [0.15, 0.2) is 0 Å². The van der Waals surface area contributed by atoms with Crippen molar-refractivity contribution in [2.24, 2.45) is 35.5 Å². The largest absolute Gasteiger partial charge is 0.400 e. The smallest absolute Gasteiger partial charge is 0.364 e. The molecule has 0 aromatic heterocycles. The maximum absolute atomic E-state index is 12.3. The van der Waals surface area contributed by atoms with E-state index >= 15 is 0 Å². The number of rotatable bonds is 5. The Kier molecular flexibility index (Phi) is 3.76. The summed E-state index contributed by atoms with van der Waals surface area (Å²) in [5.74, 6) is 0.582. The van der Waals surface area contributed by atoms with Crippen LogP contribution in [0.15, 0.2) is 24.3 Å². The lowest BCUT2D eigenvalue weighted by Gasteiger charge is -2.23. The molecule has 0 radical (unpaired) electrons. The van der Waals surface area contributed by atoms with Crippen LogP contribution in [0.5, 0.6) is 0 Å². The Morgan fingerprint density at radius 2 is 1.30 bits per heavy atom. The van der Waals surface area contributed by atoms with Crippen LogP contribution in [0.1, 0.15) is 25.7 Å². The van der Waals surface area contributed by atoms with Gasteiger partial charge >= 0.3 is 18.4 Å². The molecule has 6 atom stereocenters. The average molecular weight is 318 g/mol. The van der Waals surface area contributed by atoms with Gasteiger partial charge in [0.1, 0.15) is 0 Å². The molecule has 5 heteroatoms. The second-order valence-electron chi connectivity index (χ2n) is 7.17. The lowest BCUT2D eigenvalue weighted by molar-refractivity contribution is -0.261. The van der Waals surface area contributed by atoms with E-state index < -0.39 is 6.48 Å². The number of carbonyl (C=O) groups excluding carboxylic acids is 2. The molecular formula is C18H22O5. The lowest BCUT2D eigenvalue weighted by atomic mass is 9.94. The summed E-state index contributed by atoms with van der Waals surface area (Å²) in [4.78, 5) is 24.6. The molecule has 0 aromatic rings. The Hall–Kier alpha value is -1.62. The normalized spacial score (nSPS) is 40.6. The number of methoxy groups -OCH3 is 1. The van der Waals surface area contributed by atoms with Crippen LogP contribution < -0.4 is 0 Å². The van der Waals surface area contributed by atoms with Crippen molar-refractivity contribution in [3.8, 4) is 0 Å². The minimum atomic E-state index is -1.23. The summed E-state index contributed by atoms with van der Waals surface area (Å²) in [5.41, 5.74) is 0. The van der Waals surface area contributed by atoms with Gasteiger partial charge in [0, 0.05) is 7.11 Å². The van der Waals surface area contributed by atoms with E-state index in [1.165, 1.54) is 7.11 Å². The zero-order chi connectivity index (χ0) is 16.0. The molecule has 0 aliphatic heterocycles. The summed E-state index contributed by atoms with van der Waals surface area (Å²) < 4.78 is 15.6. The number of ether oxygens (including phenoxy) is 3. The maximum Gasteiger partial charge on any atom is 0.364 e. The molecule has 0 amide bonds. The highest BCUT2D eigenvalue weighted by Gasteiger charge is 2.44. The van der Waals surface area contributed by atoms with E-state index in [1.807, 2.05) is 0 Å². The molecule has 4 rings (SSSR count).